The standard InChI is InChI=1S/C16H30N4O/c1-16(2)10-14(16)18-15(17-3)20-7-5-19(6-8-20)11-13-4-9-21-12-13/h13-14H,4-12H2,1-3H3,(H,17,18). The normalized spacial score (nSPS) is 33.3. The van der Waals surface area contributed by atoms with E-state index in [-0.39, 0.29) is 0 Å². The largest absolute Gasteiger partial charge is 0.381 e. The average Bonchev–Trinajstić information content (AvgIpc) is 2.87. The molecule has 3 aliphatic rings. The lowest BCUT2D eigenvalue weighted by molar-refractivity contribution is 0.139. The Morgan fingerprint density at radius 2 is 2.00 bits per heavy atom. The zero-order chi connectivity index (χ0) is 14.9. The minimum Gasteiger partial charge on any atom is -0.381 e. The third kappa shape index (κ3) is 3.69. The van der Waals surface area contributed by atoms with Gasteiger partial charge in [0.25, 0.3) is 0 Å². The van der Waals surface area contributed by atoms with Crippen LogP contribution in [0.15, 0.2) is 4.99 Å². The third-order valence-corrected chi connectivity index (χ3v) is 5.24. The fourth-order valence-electron chi connectivity index (χ4n) is 3.40. The summed E-state index contributed by atoms with van der Waals surface area (Å²) >= 11 is 0. The fourth-order valence-corrected chi connectivity index (χ4v) is 3.40. The molecule has 2 atom stereocenters. The molecule has 0 amide bonds. The maximum Gasteiger partial charge on any atom is 0.193 e. The highest BCUT2D eigenvalue weighted by molar-refractivity contribution is 5.80. The molecule has 2 heterocycles. The smallest absolute Gasteiger partial charge is 0.193 e. The predicted molar refractivity (Wildman–Crippen MR) is 85.6 cm³/mol. The second-order valence-electron chi connectivity index (χ2n) is 7.45. The highest BCUT2D eigenvalue weighted by Gasteiger charge is 2.46. The Morgan fingerprint density at radius 1 is 1.29 bits per heavy atom. The summed E-state index contributed by atoms with van der Waals surface area (Å²) < 4.78 is 5.48. The Morgan fingerprint density at radius 3 is 2.52 bits per heavy atom. The first-order valence-electron chi connectivity index (χ1n) is 8.37. The first kappa shape index (κ1) is 15.1. The van der Waals surface area contributed by atoms with Crippen molar-refractivity contribution in [2.75, 3.05) is 53.0 Å². The monoisotopic (exact) mass is 294 g/mol. The van der Waals surface area contributed by atoms with Crippen LogP contribution in [-0.4, -0.2) is 74.8 Å². The molecule has 1 N–H and O–H groups in total. The molecule has 2 aliphatic heterocycles. The van der Waals surface area contributed by atoms with E-state index >= 15 is 0 Å². The second-order valence-corrected chi connectivity index (χ2v) is 7.45. The minimum absolute atomic E-state index is 0.445. The maximum atomic E-state index is 5.48. The number of nitrogens with zero attached hydrogens (tertiary/aromatic N) is 3. The van der Waals surface area contributed by atoms with Gasteiger partial charge < -0.3 is 15.0 Å². The van der Waals surface area contributed by atoms with Gasteiger partial charge >= 0.3 is 0 Å². The van der Waals surface area contributed by atoms with Gasteiger partial charge in [0.2, 0.25) is 0 Å². The SMILES string of the molecule is CN=C(NC1CC1(C)C)N1CCN(CC2CCOC2)CC1. The van der Waals surface area contributed by atoms with E-state index in [0.29, 0.717) is 11.5 Å². The Balaban J connectivity index is 1.43. The van der Waals surface area contributed by atoms with Crippen LogP contribution >= 0.6 is 0 Å². The average molecular weight is 294 g/mol. The first-order valence-corrected chi connectivity index (χ1v) is 8.37. The summed E-state index contributed by atoms with van der Waals surface area (Å²) in [4.78, 5) is 9.48. The van der Waals surface area contributed by atoms with E-state index in [4.69, 9.17) is 4.74 Å². The van der Waals surface area contributed by atoms with Crippen LogP contribution in [0.5, 0.6) is 0 Å². The Kier molecular flexibility index (Phi) is 4.41. The number of aliphatic imine (C=N–C) groups is 1. The summed E-state index contributed by atoms with van der Waals surface area (Å²) in [6, 6.07) is 0.602. The van der Waals surface area contributed by atoms with Gasteiger partial charge in [-0.05, 0) is 24.2 Å². The van der Waals surface area contributed by atoms with Crippen molar-refractivity contribution in [3.05, 3.63) is 0 Å². The van der Waals surface area contributed by atoms with Crippen molar-refractivity contribution in [3.63, 3.8) is 0 Å². The number of nitrogens with one attached hydrogen (secondary N) is 1. The van der Waals surface area contributed by atoms with Gasteiger partial charge in [0.05, 0.1) is 6.61 Å². The summed E-state index contributed by atoms with van der Waals surface area (Å²) in [7, 11) is 1.90. The van der Waals surface area contributed by atoms with Crippen LogP contribution in [0.3, 0.4) is 0 Å². The van der Waals surface area contributed by atoms with Crippen molar-refractivity contribution < 1.29 is 4.74 Å². The van der Waals surface area contributed by atoms with Crippen LogP contribution in [0.1, 0.15) is 26.7 Å². The molecule has 5 heteroatoms. The molecule has 1 saturated carbocycles. The fraction of sp³-hybridized carbons (Fsp3) is 0.938. The third-order valence-electron chi connectivity index (χ3n) is 5.24. The van der Waals surface area contributed by atoms with Gasteiger partial charge in [-0.2, -0.15) is 0 Å². The van der Waals surface area contributed by atoms with Crippen LogP contribution in [0.25, 0.3) is 0 Å². The predicted octanol–water partition coefficient (Wildman–Crippen LogP) is 1.01. The van der Waals surface area contributed by atoms with Gasteiger partial charge in [-0.25, -0.2) is 0 Å². The van der Waals surface area contributed by atoms with Crippen molar-refractivity contribution in [2.24, 2.45) is 16.3 Å². The Labute approximate surface area is 128 Å². The molecule has 3 fully saturated rings. The molecule has 1 aliphatic carbocycles. The topological polar surface area (TPSA) is 40.1 Å². The summed E-state index contributed by atoms with van der Waals surface area (Å²) in [5, 5.41) is 3.63. The molecule has 2 unspecified atom stereocenters. The van der Waals surface area contributed by atoms with Crippen molar-refractivity contribution in [1.29, 1.82) is 0 Å². The zero-order valence-corrected chi connectivity index (χ0v) is 13.8. The lowest BCUT2D eigenvalue weighted by Gasteiger charge is -2.37. The summed E-state index contributed by atoms with van der Waals surface area (Å²) in [5.41, 5.74) is 0.445. The summed E-state index contributed by atoms with van der Waals surface area (Å²) in [6.07, 6.45) is 2.49. The van der Waals surface area contributed by atoms with Gasteiger partial charge in [0.15, 0.2) is 5.96 Å². The number of rotatable bonds is 3. The lowest BCUT2D eigenvalue weighted by Crippen LogP contribution is -2.53. The number of piperazine rings is 1. The van der Waals surface area contributed by atoms with E-state index in [2.05, 4.69) is 34.0 Å². The Bertz CT molecular complexity index is 382. The molecule has 2 saturated heterocycles. The van der Waals surface area contributed by atoms with Crippen molar-refractivity contribution in [1.82, 2.24) is 15.1 Å². The molecule has 0 aromatic heterocycles. The molecular formula is C16H30N4O. The van der Waals surface area contributed by atoms with Crippen LogP contribution in [0.2, 0.25) is 0 Å². The van der Waals surface area contributed by atoms with Crippen LogP contribution < -0.4 is 5.32 Å². The maximum absolute atomic E-state index is 5.48. The molecule has 5 nitrogen and oxygen atoms in total. The van der Waals surface area contributed by atoms with Gasteiger partial charge in [-0.3, -0.25) is 9.89 Å². The van der Waals surface area contributed by atoms with Crippen LogP contribution in [0.4, 0.5) is 0 Å². The number of guanidine groups is 1. The van der Waals surface area contributed by atoms with E-state index < -0.39 is 0 Å². The van der Waals surface area contributed by atoms with Gasteiger partial charge in [-0.1, -0.05) is 13.8 Å². The molecule has 21 heavy (non-hydrogen) atoms. The van der Waals surface area contributed by atoms with Crippen LogP contribution in [0, 0.1) is 11.3 Å². The lowest BCUT2D eigenvalue weighted by atomic mass is 10.1. The molecule has 3 rings (SSSR count). The van der Waals surface area contributed by atoms with E-state index in [1.807, 2.05) is 7.05 Å². The molecule has 0 radical (unpaired) electrons. The van der Waals surface area contributed by atoms with Crippen molar-refractivity contribution in [3.8, 4) is 0 Å². The van der Waals surface area contributed by atoms with E-state index in [0.717, 1.165) is 51.3 Å². The van der Waals surface area contributed by atoms with Gasteiger partial charge in [0.1, 0.15) is 0 Å². The van der Waals surface area contributed by atoms with Crippen molar-refractivity contribution in [2.45, 2.75) is 32.7 Å². The highest BCUT2D eigenvalue weighted by atomic mass is 16.5. The zero-order valence-electron chi connectivity index (χ0n) is 13.8. The van der Waals surface area contributed by atoms with Crippen molar-refractivity contribution >= 4 is 5.96 Å². The molecule has 0 aromatic rings. The van der Waals surface area contributed by atoms with Gasteiger partial charge in [-0.15, -0.1) is 0 Å². The summed E-state index contributed by atoms with van der Waals surface area (Å²) in [6.45, 7) is 12.2. The van der Waals surface area contributed by atoms with E-state index in [1.54, 1.807) is 0 Å². The molecule has 0 bridgehead atoms. The van der Waals surface area contributed by atoms with E-state index in [1.165, 1.54) is 19.4 Å². The molecule has 120 valence electrons. The molecule has 0 spiro atoms. The molecule has 0 aromatic carbocycles. The number of hydrogen-bond donors (Lipinski definition) is 1. The van der Waals surface area contributed by atoms with Gasteiger partial charge in [0, 0.05) is 52.4 Å². The summed E-state index contributed by atoms with van der Waals surface area (Å²) in [5.74, 6) is 1.84. The first-order chi connectivity index (χ1) is 10.1. The molecular weight excluding hydrogens is 264 g/mol. The van der Waals surface area contributed by atoms with Crippen LogP contribution in [-0.2, 0) is 4.74 Å². The quantitative estimate of drug-likeness (QED) is 0.623. The highest BCUT2D eigenvalue weighted by Crippen LogP contribution is 2.44. The number of ether oxygens (including phenoxy) is 1. The van der Waals surface area contributed by atoms with E-state index in [9.17, 15) is 0 Å². The Hall–Kier alpha value is -0.810. The minimum atomic E-state index is 0.445. The second kappa shape index (κ2) is 6.13. The number of hydrogen-bond acceptors (Lipinski definition) is 3.